The van der Waals surface area contributed by atoms with Crippen molar-refractivity contribution in [2.45, 2.75) is 15.8 Å². The van der Waals surface area contributed by atoms with Crippen molar-refractivity contribution >= 4 is 33.2 Å². The number of nitrogens with zero attached hydrogens (tertiary/aromatic N) is 3. The van der Waals surface area contributed by atoms with Gasteiger partial charge in [0.25, 0.3) is 0 Å². The summed E-state index contributed by atoms with van der Waals surface area (Å²) in [7, 11) is -0.598. The fourth-order valence-corrected chi connectivity index (χ4v) is 5.46. The topological polar surface area (TPSA) is 112 Å². The van der Waals surface area contributed by atoms with E-state index in [4.69, 9.17) is 9.47 Å². The Labute approximate surface area is 213 Å². The number of thioether (sulfide) groups is 1. The van der Waals surface area contributed by atoms with Crippen LogP contribution < -0.4 is 14.8 Å². The summed E-state index contributed by atoms with van der Waals surface area (Å²) >= 11 is 1.15. The Bertz CT molecular complexity index is 1440. The van der Waals surface area contributed by atoms with Gasteiger partial charge in [0.1, 0.15) is 17.3 Å². The van der Waals surface area contributed by atoms with Gasteiger partial charge in [-0.05, 0) is 36.4 Å². The third-order valence-corrected chi connectivity index (χ3v) is 7.71. The average Bonchev–Trinajstić information content (AvgIpc) is 3.30. The number of rotatable bonds is 10. The van der Waals surface area contributed by atoms with Crippen molar-refractivity contribution in [3.05, 3.63) is 84.7 Å². The molecule has 4 aromatic rings. The van der Waals surface area contributed by atoms with Gasteiger partial charge in [-0.2, -0.15) is 0 Å². The third kappa shape index (κ3) is 5.86. The number of carbonyl (C=O) groups is 1. The van der Waals surface area contributed by atoms with Crippen LogP contribution in [-0.4, -0.2) is 49.1 Å². The van der Waals surface area contributed by atoms with Crippen LogP contribution in [-0.2, 0) is 20.4 Å². The quantitative estimate of drug-likeness (QED) is 0.310. The van der Waals surface area contributed by atoms with Gasteiger partial charge in [-0.3, -0.25) is 9.36 Å². The molecule has 0 aliphatic heterocycles. The number of methoxy groups -OCH3 is 2. The van der Waals surface area contributed by atoms with Crippen LogP contribution in [0.5, 0.6) is 11.5 Å². The molecular formula is C25H24N4O5S2. The van der Waals surface area contributed by atoms with Gasteiger partial charge in [-0.25, -0.2) is 8.42 Å². The van der Waals surface area contributed by atoms with Gasteiger partial charge in [0.15, 0.2) is 20.8 Å². The summed E-state index contributed by atoms with van der Waals surface area (Å²) in [5.74, 6) is 0.719. The molecule has 3 aromatic carbocycles. The Hall–Kier alpha value is -3.83. The van der Waals surface area contributed by atoms with Crippen LogP contribution in [0, 0.1) is 0 Å². The number of hydrogen-bond donors (Lipinski definition) is 1. The van der Waals surface area contributed by atoms with Crippen LogP contribution in [0.1, 0.15) is 5.82 Å². The monoisotopic (exact) mass is 524 g/mol. The highest BCUT2D eigenvalue weighted by atomic mass is 32.2. The number of nitrogens with one attached hydrogen (secondary N) is 1. The molecule has 1 amide bonds. The second-order valence-corrected chi connectivity index (χ2v) is 10.5. The summed E-state index contributed by atoms with van der Waals surface area (Å²) in [5.41, 5.74) is 1.20. The Kier molecular flexibility index (Phi) is 7.91. The van der Waals surface area contributed by atoms with E-state index in [9.17, 15) is 13.2 Å². The van der Waals surface area contributed by atoms with Crippen molar-refractivity contribution < 1.29 is 22.7 Å². The summed E-state index contributed by atoms with van der Waals surface area (Å²) in [6.07, 6.45) is 0. The maximum atomic E-state index is 13.0. The van der Waals surface area contributed by atoms with E-state index in [0.717, 1.165) is 11.8 Å². The van der Waals surface area contributed by atoms with Crippen molar-refractivity contribution in [3.8, 4) is 17.2 Å². The number of carbonyl (C=O) groups excluding carboxylic acids is 1. The first-order valence-electron chi connectivity index (χ1n) is 10.8. The minimum atomic E-state index is -3.65. The molecule has 0 saturated carbocycles. The lowest BCUT2D eigenvalue weighted by Gasteiger charge is -2.12. The Morgan fingerprint density at radius 2 is 1.64 bits per heavy atom. The molecule has 0 spiro atoms. The van der Waals surface area contributed by atoms with Crippen LogP contribution in [0.2, 0.25) is 0 Å². The number of amides is 1. The first-order chi connectivity index (χ1) is 17.4. The average molecular weight is 525 g/mol. The third-order valence-electron chi connectivity index (χ3n) is 5.15. The zero-order chi connectivity index (χ0) is 25.5. The van der Waals surface area contributed by atoms with Crippen LogP contribution in [0.3, 0.4) is 0 Å². The normalized spacial score (nSPS) is 11.2. The van der Waals surface area contributed by atoms with Gasteiger partial charge < -0.3 is 14.8 Å². The molecule has 0 saturated heterocycles. The zero-order valence-electron chi connectivity index (χ0n) is 19.6. The van der Waals surface area contributed by atoms with E-state index in [1.165, 1.54) is 7.11 Å². The predicted octanol–water partition coefficient (Wildman–Crippen LogP) is 3.99. The van der Waals surface area contributed by atoms with E-state index in [1.54, 1.807) is 60.2 Å². The number of para-hydroxylation sites is 1. The molecule has 186 valence electrons. The molecular weight excluding hydrogens is 500 g/mol. The van der Waals surface area contributed by atoms with Crippen LogP contribution in [0.25, 0.3) is 5.69 Å². The second-order valence-electron chi connectivity index (χ2n) is 7.54. The van der Waals surface area contributed by atoms with Crippen LogP contribution >= 0.6 is 11.8 Å². The summed E-state index contributed by atoms with van der Waals surface area (Å²) in [5, 5.41) is 11.6. The second kappa shape index (κ2) is 11.3. The molecule has 0 unspecified atom stereocenters. The van der Waals surface area contributed by atoms with Crippen LogP contribution in [0.15, 0.2) is 88.9 Å². The van der Waals surface area contributed by atoms with Gasteiger partial charge in [-0.1, -0.05) is 48.2 Å². The Morgan fingerprint density at radius 1 is 0.944 bits per heavy atom. The van der Waals surface area contributed by atoms with E-state index >= 15 is 0 Å². The minimum Gasteiger partial charge on any atom is -0.497 e. The highest BCUT2D eigenvalue weighted by Crippen LogP contribution is 2.30. The highest BCUT2D eigenvalue weighted by molar-refractivity contribution is 7.99. The van der Waals surface area contributed by atoms with Crippen molar-refractivity contribution in [3.63, 3.8) is 0 Å². The van der Waals surface area contributed by atoms with Crippen molar-refractivity contribution in [2.24, 2.45) is 0 Å². The van der Waals surface area contributed by atoms with Gasteiger partial charge in [0.05, 0.1) is 30.6 Å². The fraction of sp³-hybridized carbons (Fsp3) is 0.160. The largest absolute Gasteiger partial charge is 0.497 e. The maximum Gasteiger partial charge on any atom is 0.234 e. The SMILES string of the molecule is COc1ccc(NC(=O)CSc2nnc(CS(=O)(=O)c3ccccc3)n2-c2ccccc2)c(OC)c1. The van der Waals surface area contributed by atoms with Gasteiger partial charge in [0, 0.05) is 11.8 Å². The number of hydrogen-bond acceptors (Lipinski definition) is 8. The highest BCUT2D eigenvalue weighted by Gasteiger charge is 2.23. The molecule has 1 N–H and O–H groups in total. The number of anilines is 1. The molecule has 9 nitrogen and oxygen atoms in total. The lowest BCUT2D eigenvalue weighted by molar-refractivity contribution is -0.113. The first-order valence-corrected chi connectivity index (χ1v) is 13.5. The van der Waals surface area contributed by atoms with Crippen LogP contribution in [0.4, 0.5) is 5.69 Å². The van der Waals surface area contributed by atoms with E-state index in [0.29, 0.717) is 28.0 Å². The van der Waals surface area contributed by atoms with Gasteiger partial charge in [-0.15, -0.1) is 10.2 Å². The van der Waals surface area contributed by atoms with Crippen molar-refractivity contribution in [1.29, 1.82) is 0 Å². The maximum absolute atomic E-state index is 13.0. The molecule has 11 heteroatoms. The molecule has 1 heterocycles. The summed E-state index contributed by atoms with van der Waals surface area (Å²) in [6.45, 7) is 0. The zero-order valence-corrected chi connectivity index (χ0v) is 21.3. The number of sulfone groups is 1. The molecule has 0 radical (unpaired) electrons. The summed E-state index contributed by atoms with van der Waals surface area (Å²) in [4.78, 5) is 12.9. The van der Waals surface area contributed by atoms with E-state index in [1.807, 2.05) is 30.3 Å². The molecule has 4 rings (SSSR count). The Balaban J connectivity index is 1.55. The molecule has 0 fully saturated rings. The predicted molar refractivity (Wildman–Crippen MR) is 138 cm³/mol. The van der Waals surface area contributed by atoms with Gasteiger partial charge >= 0.3 is 0 Å². The molecule has 1 aromatic heterocycles. The van der Waals surface area contributed by atoms with E-state index in [2.05, 4.69) is 15.5 Å². The first kappa shape index (κ1) is 25.3. The molecule has 0 bridgehead atoms. The molecule has 0 aliphatic rings. The van der Waals surface area contributed by atoms with Gasteiger partial charge in [0.2, 0.25) is 5.91 Å². The molecule has 0 aliphatic carbocycles. The number of benzene rings is 3. The van der Waals surface area contributed by atoms with Crippen molar-refractivity contribution in [1.82, 2.24) is 14.8 Å². The number of aromatic nitrogens is 3. The van der Waals surface area contributed by atoms with Crippen molar-refractivity contribution in [2.75, 3.05) is 25.3 Å². The van der Waals surface area contributed by atoms with E-state index in [-0.39, 0.29) is 28.1 Å². The summed E-state index contributed by atoms with van der Waals surface area (Å²) in [6, 6.07) is 22.5. The number of ether oxygens (including phenoxy) is 2. The lowest BCUT2D eigenvalue weighted by atomic mass is 10.2. The standard InChI is InChI=1S/C25H24N4O5S2/c1-33-19-13-14-21(22(15-19)34-2)26-24(30)16-35-25-28-27-23(29(25)18-9-5-3-6-10-18)17-36(31,32)20-11-7-4-8-12-20/h3-15H,16-17H2,1-2H3,(H,26,30). The van der Waals surface area contributed by atoms with E-state index < -0.39 is 9.84 Å². The molecule has 0 atom stereocenters. The lowest BCUT2D eigenvalue weighted by Crippen LogP contribution is -2.15. The Morgan fingerprint density at radius 3 is 2.31 bits per heavy atom. The smallest absolute Gasteiger partial charge is 0.234 e. The summed E-state index contributed by atoms with van der Waals surface area (Å²) < 4.78 is 38.2. The fourth-order valence-electron chi connectivity index (χ4n) is 3.42. The molecule has 36 heavy (non-hydrogen) atoms. The minimum absolute atomic E-state index is 0.0194.